The van der Waals surface area contributed by atoms with Crippen LogP contribution in [0.2, 0.25) is 0 Å². The Morgan fingerprint density at radius 3 is 2.39 bits per heavy atom. The molecule has 0 bridgehead atoms. The molecule has 0 saturated carbocycles. The van der Waals surface area contributed by atoms with E-state index in [4.69, 9.17) is 9.47 Å². The molecule has 1 fully saturated rings. The molecule has 1 aromatic heterocycles. The molecule has 1 atom stereocenters. The Morgan fingerprint density at radius 1 is 1.06 bits per heavy atom. The number of methoxy groups -OCH3 is 2. The number of hydrogen-bond donors (Lipinski definition) is 2. The Morgan fingerprint density at radius 2 is 1.72 bits per heavy atom. The van der Waals surface area contributed by atoms with Gasteiger partial charge >= 0.3 is 0 Å². The van der Waals surface area contributed by atoms with E-state index >= 15 is 0 Å². The third-order valence-corrected chi connectivity index (χ3v) is 7.29. The number of anilines is 3. The summed E-state index contributed by atoms with van der Waals surface area (Å²) in [4.78, 5) is 43.5. The lowest BCUT2D eigenvalue weighted by Gasteiger charge is -2.16. The standard InChI is InChI=1S/C25H26N4O5S2/c1-33-20-7-3-17(4-8-20)26-22(30)15-35-13-18-14-36-25(27-18)28-24(32)16-11-23(31)29(12-16)19-5-9-21(34-2)10-6-19/h3-10,14,16H,11-13,15H2,1-2H3,(H,26,30)(H,27,28,32). The van der Waals surface area contributed by atoms with Crippen molar-refractivity contribution in [2.24, 2.45) is 5.92 Å². The predicted molar refractivity (Wildman–Crippen MR) is 142 cm³/mol. The number of ether oxygens (including phenoxy) is 2. The quantitative estimate of drug-likeness (QED) is 0.411. The van der Waals surface area contributed by atoms with Crippen LogP contribution in [0.5, 0.6) is 11.5 Å². The zero-order valence-electron chi connectivity index (χ0n) is 19.9. The largest absolute Gasteiger partial charge is 0.497 e. The number of carbonyl (C=O) groups excluding carboxylic acids is 3. The first-order valence-electron chi connectivity index (χ1n) is 11.2. The van der Waals surface area contributed by atoms with Crippen molar-refractivity contribution in [3.8, 4) is 11.5 Å². The monoisotopic (exact) mass is 526 g/mol. The molecule has 1 saturated heterocycles. The van der Waals surface area contributed by atoms with Crippen molar-refractivity contribution in [3.05, 3.63) is 59.6 Å². The fraction of sp³-hybridized carbons (Fsp3) is 0.280. The topological polar surface area (TPSA) is 110 Å². The molecule has 1 aliphatic rings. The zero-order valence-corrected chi connectivity index (χ0v) is 21.5. The average molecular weight is 527 g/mol. The summed E-state index contributed by atoms with van der Waals surface area (Å²) in [5.74, 6) is 1.35. The third kappa shape index (κ3) is 6.55. The van der Waals surface area contributed by atoms with Gasteiger partial charge in [-0.25, -0.2) is 4.98 Å². The Balaban J connectivity index is 1.22. The zero-order chi connectivity index (χ0) is 25.5. The van der Waals surface area contributed by atoms with Crippen molar-refractivity contribution < 1.29 is 23.9 Å². The number of hydrogen-bond acceptors (Lipinski definition) is 8. The smallest absolute Gasteiger partial charge is 0.234 e. The van der Waals surface area contributed by atoms with Crippen molar-refractivity contribution in [2.75, 3.05) is 42.1 Å². The first-order chi connectivity index (χ1) is 17.4. The molecule has 1 aliphatic heterocycles. The molecule has 188 valence electrons. The number of nitrogens with one attached hydrogen (secondary N) is 2. The maximum Gasteiger partial charge on any atom is 0.234 e. The van der Waals surface area contributed by atoms with Gasteiger partial charge in [-0.1, -0.05) is 0 Å². The molecular weight excluding hydrogens is 500 g/mol. The van der Waals surface area contributed by atoms with Crippen molar-refractivity contribution in [2.45, 2.75) is 12.2 Å². The van der Waals surface area contributed by atoms with E-state index in [0.717, 1.165) is 17.1 Å². The van der Waals surface area contributed by atoms with Gasteiger partial charge in [-0.3, -0.25) is 14.4 Å². The van der Waals surface area contributed by atoms with E-state index in [1.165, 1.54) is 23.1 Å². The Kier molecular flexibility index (Phi) is 8.44. The van der Waals surface area contributed by atoms with Crippen LogP contribution < -0.4 is 25.0 Å². The number of aromatic nitrogens is 1. The Labute approximate surface area is 217 Å². The van der Waals surface area contributed by atoms with Crippen LogP contribution >= 0.6 is 23.1 Å². The number of nitrogens with zero attached hydrogens (tertiary/aromatic N) is 2. The highest BCUT2D eigenvalue weighted by atomic mass is 32.2. The van der Waals surface area contributed by atoms with Crippen LogP contribution in [0.3, 0.4) is 0 Å². The van der Waals surface area contributed by atoms with Crippen molar-refractivity contribution in [1.29, 1.82) is 0 Å². The van der Waals surface area contributed by atoms with E-state index in [1.807, 2.05) is 5.38 Å². The van der Waals surface area contributed by atoms with Gasteiger partial charge in [0.1, 0.15) is 11.5 Å². The second-order valence-electron chi connectivity index (χ2n) is 8.01. The van der Waals surface area contributed by atoms with Gasteiger partial charge in [0.15, 0.2) is 5.13 Å². The Bertz CT molecular complexity index is 1210. The minimum Gasteiger partial charge on any atom is -0.497 e. The molecule has 2 heterocycles. The SMILES string of the molecule is COc1ccc(NC(=O)CSCc2csc(NC(=O)C3CC(=O)N(c4ccc(OC)cc4)C3)n2)cc1. The van der Waals surface area contributed by atoms with E-state index in [9.17, 15) is 14.4 Å². The van der Waals surface area contributed by atoms with Gasteiger partial charge in [0.25, 0.3) is 0 Å². The van der Waals surface area contributed by atoms with Gasteiger partial charge in [-0.2, -0.15) is 0 Å². The van der Waals surface area contributed by atoms with Crippen LogP contribution in [0.25, 0.3) is 0 Å². The summed E-state index contributed by atoms with van der Waals surface area (Å²) >= 11 is 2.76. The number of benzene rings is 2. The average Bonchev–Trinajstić information content (AvgIpc) is 3.50. The second-order valence-corrected chi connectivity index (χ2v) is 9.85. The number of thiazole rings is 1. The van der Waals surface area contributed by atoms with Crippen molar-refractivity contribution in [3.63, 3.8) is 0 Å². The summed E-state index contributed by atoms with van der Waals surface area (Å²) in [6.45, 7) is 0.314. The lowest BCUT2D eigenvalue weighted by Crippen LogP contribution is -2.28. The normalized spacial score (nSPS) is 15.0. The summed E-state index contributed by atoms with van der Waals surface area (Å²) in [6.07, 6.45) is 0.148. The Hall–Kier alpha value is -3.57. The number of thioether (sulfide) groups is 1. The van der Waals surface area contributed by atoms with Gasteiger partial charge in [-0.15, -0.1) is 23.1 Å². The van der Waals surface area contributed by atoms with Crippen molar-refractivity contribution in [1.82, 2.24) is 4.98 Å². The highest BCUT2D eigenvalue weighted by Crippen LogP contribution is 2.28. The minimum atomic E-state index is -0.456. The fourth-order valence-corrected chi connectivity index (χ4v) is 5.19. The summed E-state index contributed by atoms with van der Waals surface area (Å²) in [6, 6.07) is 14.3. The molecule has 0 aliphatic carbocycles. The summed E-state index contributed by atoms with van der Waals surface area (Å²) in [7, 11) is 3.17. The summed E-state index contributed by atoms with van der Waals surface area (Å²) in [5, 5.41) is 8.00. The van der Waals surface area contributed by atoms with Gasteiger partial charge in [0.05, 0.1) is 31.6 Å². The molecular formula is C25H26N4O5S2. The first kappa shape index (κ1) is 25.5. The van der Waals surface area contributed by atoms with Crippen LogP contribution in [0.4, 0.5) is 16.5 Å². The highest BCUT2D eigenvalue weighted by molar-refractivity contribution is 7.99. The molecule has 36 heavy (non-hydrogen) atoms. The molecule has 11 heteroatoms. The molecule has 4 rings (SSSR count). The molecule has 2 aromatic carbocycles. The van der Waals surface area contributed by atoms with E-state index in [0.29, 0.717) is 28.9 Å². The van der Waals surface area contributed by atoms with Gasteiger partial charge in [0.2, 0.25) is 17.7 Å². The predicted octanol–water partition coefficient (Wildman–Crippen LogP) is 4.02. The first-order valence-corrected chi connectivity index (χ1v) is 13.2. The van der Waals surface area contributed by atoms with Crippen LogP contribution in [0.1, 0.15) is 12.1 Å². The third-order valence-electron chi connectivity index (χ3n) is 5.52. The van der Waals surface area contributed by atoms with E-state index in [-0.39, 0.29) is 29.9 Å². The van der Waals surface area contributed by atoms with Gasteiger partial charge < -0.3 is 25.0 Å². The number of carbonyl (C=O) groups is 3. The molecule has 3 amide bonds. The van der Waals surface area contributed by atoms with Crippen molar-refractivity contribution >= 4 is 57.3 Å². The van der Waals surface area contributed by atoms with E-state index in [1.54, 1.807) is 67.7 Å². The fourth-order valence-electron chi connectivity index (χ4n) is 3.65. The maximum atomic E-state index is 12.8. The molecule has 9 nitrogen and oxygen atoms in total. The molecule has 1 unspecified atom stereocenters. The van der Waals surface area contributed by atoms with Crippen LogP contribution in [0.15, 0.2) is 53.9 Å². The summed E-state index contributed by atoms with van der Waals surface area (Å²) in [5.41, 5.74) is 2.22. The van der Waals surface area contributed by atoms with Crippen LogP contribution in [-0.2, 0) is 20.1 Å². The maximum absolute atomic E-state index is 12.8. The molecule has 0 radical (unpaired) electrons. The van der Waals surface area contributed by atoms with Gasteiger partial charge in [-0.05, 0) is 48.5 Å². The van der Waals surface area contributed by atoms with Gasteiger partial charge in [0, 0.05) is 35.5 Å². The van der Waals surface area contributed by atoms with E-state index in [2.05, 4.69) is 15.6 Å². The lowest BCUT2D eigenvalue weighted by molar-refractivity contribution is -0.122. The number of rotatable bonds is 10. The van der Waals surface area contributed by atoms with E-state index < -0.39 is 5.92 Å². The van der Waals surface area contributed by atoms with Crippen LogP contribution in [-0.4, -0.2) is 49.2 Å². The second kappa shape index (κ2) is 11.9. The highest BCUT2D eigenvalue weighted by Gasteiger charge is 2.35. The van der Waals surface area contributed by atoms with Crippen LogP contribution in [0, 0.1) is 5.92 Å². The minimum absolute atomic E-state index is 0.0931. The molecule has 0 spiro atoms. The summed E-state index contributed by atoms with van der Waals surface area (Å²) < 4.78 is 10.3. The number of amides is 3. The lowest BCUT2D eigenvalue weighted by atomic mass is 10.1. The molecule has 2 N–H and O–H groups in total. The molecule has 3 aromatic rings.